The van der Waals surface area contributed by atoms with E-state index in [-0.39, 0.29) is 22.7 Å². The molecule has 0 aromatic heterocycles. The van der Waals surface area contributed by atoms with E-state index in [4.69, 9.17) is 0 Å². The number of aliphatic hydroxyl groups is 1. The fraction of sp³-hybridized carbons (Fsp3) is 0.562. The molecule has 1 rings (SSSR count). The number of anilines is 1. The van der Waals surface area contributed by atoms with Gasteiger partial charge < -0.3 is 10.4 Å². The van der Waals surface area contributed by atoms with E-state index < -0.39 is 27.7 Å². The molecule has 0 aliphatic rings. The number of carbonyl (C=O) groups is 1. The lowest BCUT2D eigenvalue weighted by atomic mass is 10.1. The average Bonchev–Trinajstić information content (AvgIpc) is 2.45. The van der Waals surface area contributed by atoms with Crippen molar-refractivity contribution in [1.29, 1.82) is 0 Å². The number of hydrogen-bond acceptors (Lipinski definition) is 4. The van der Waals surface area contributed by atoms with Gasteiger partial charge in [-0.3, -0.25) is 4.79 Å². The van der Waals surface area contributed by atoms with Crippen molar-refractivity contribution in [3.8, 4) is 0 Å². The van der Waals surface area contributed by atoms with Crippen LogP contribution in [0.2, 0.25) is 0 Å². The van der Waals surface area contributed by atoms with Crippen LogP contribution in [0, 0.1) is 0 Å². The van der Waals surface area contributed by atoms with Crippen molar-refractivity contribution in [1.82, 2.24) is 4.31 Å². The van der Waals surface area contributed by atoms with Gasteiger partial charge in [-0.15, -0.1) is 0 Å². The zero-order chi connectivity index (χ0) is 20.5. The summed E-state index contributed by atoms with van der Waals surface area (Å²) in [5.41, 5.74) is -3.64. The number of halogens is 3. The van der Waals surface area contributed by atoms with Crippen LogP contribution in [-0.2, 0) is 14.8 Å². The Bertz CT molecular complexity index is 734. The molecule has 1 amide bonds. The molecule has 0 saturated heterocycles. The average molecular weight is 396 g/mol. The van der Waals surface area contributed by atoms with Gasteiger partial charge in [-0.25, -0.2) is 8.42 Å². The van der Waals surface area contributed by atoms with Crippen LogP contribution in [0.15, 0.2) is 29.2 Å². The zero-order valence-electron chi connectivity index (χ0n) is 15.1. The van der Waals surface area contributed by atoms with Gasteiger partial charge >= 0.3 is 6.18 Å². The Hall–Kier alpha value is -1.65. The Labute approximate surface area is 151 Å². The smallest absolute Gasteiger partial charge is 0.373 e. The van der Waals surface area contributed by atoms with Crippen molar-refractivity contribution in [2.24, 2.45) is 0 Å². The third-order valence-electron chi connectivity index (χ3n) is 3.70. The maximum Gasteiger partial charge on any atom is 0.426 e. The van der Waals surface area contributed by atoms with E-state index in [9.17, 15) is 31.5 Å². The summed E-state index contributed by atoms with van der Waals surface area (Å²) in [5, 5.41) is 11.2. The first-order valence-electron chi connectivity index (χ1n) is 7.86. The first-order valence-corrected chi connectivity index (χ1v) is 9.30. The van der Waals surface area contributed by atoms with Crippen LogP contribution in [0.25, 0.3) is 0 Å². The lowest BCUT2D eigenvalue weighted by molar-refractivity contribution is -0.242. The number of sulfonamides is 1. The van der Waals surface area contributed by atoms with Gasteiger partial charge in [0, 0.05) is 17.8 Å². The summed E-state index contributed by atoms with van der Waals surface area (Å²) in [6.07, 6.45) is -5.14. The van der Waals surface area contributed by atoms with Crippen LogP contribution in [-0.4, -0.2) is 47.6 Å². The normalized spacial score (nSPS) is 15.4. The Morgan fingerprint density at radius 3 is 1.85 bits per heavy atom. The van der Waals surface area contributed by atoms with E-state index >= 15 is 0 Å². The zero-order valence-corrected chi connectivity index (χ0v) is 15.9. The highest BCUT2D eigenvalue weighted by Crippen LogP contribution is 2.31. The molecule has 1 unspecified atom stereocenters. The molecule has 0 spiro atoms. The van der Waals surface area contributed by atoms with Crippen molar-refractivity contribution in [2.45, 2.75) is 63.4 Å². The van der Waals surface area contributed by atoms with Gasteiger partial charge in [0.15, 0.2) is 0 Å². The number of nitrogens with zero attached hydrogens (tertiary/aromatic N) is 1. The molecule has 10 heteroatoms. The number of alkyl halides is 3. The summed E-state index contributed by atoms with van der Waals surface area (Å²) >= 11 is 0. The SMILES string of the molecule is CC(C)N(C(C)C)S(=O)(=O)c1ccc(NC(=O)C(C)(O)C(F)(F)F)cc1. The van der Waals surface area contributed by atoms with Crippen LogP contribution in [0.4, 0.5) is 18.9 Å². The third kappa shape index (κ3) is 4.54. The molecule has 2 N–H and O–H groups in total. The maximum absolute atomic E-state index is 12.7. The second-order valence-corrected chi connectivity index (χ2v) is 8.41. The molecule has 1 aromatic rings. The molecule has 1 aromatic carbocycles. The molecule has 0 fully saturated rings. The van der Waals surface area contributed by atoms with Crippen LogP contribution in [0.1, 0.15) is 34.6 Å². The predicted octanol–water partition coefficient (Wildman–Crippen LogP) is 2.75. The largest absolute Gasteiger partial charge is 0.426 e. The Morgan fingerprint density at radius 1 is 1.08 bits per heavy atom. The maximum atomic E-state index is 12.7. The molecular formula is C16H23F3N2O4S. The number of nitrogens with one attached hydrogen (secondary N) is 1. The molecule has 26 heavy (non-hydrogen) atoms. The highest BCUT2D eigenvalue weighted by atomic mass is 32.2. The first kappa shape index (κ1) is 22.4. The van der Waals surface area contributed by atoms with Gasteiger partial charge in [0.2, 0.25) is 15.6 Å². The van der Waals surface area contributed by atoms with E-state index in [0.29, 0.717) is 6.92 Å². The van der Waals surface area contributed by atoms with Crippen LogP contribution < -0.4 is 5.32 Å². The topological polar surface area (TPSA) is 86.7 Å². The summed E-state index contributed by atoms with van der Waals surface area (Å²) in [5.74, 6) is -1.66. The minimum atomic E-state index is -5.14. The third-order valence-corrected chi connectivity index (χ3v) is 5.97. The Kier molecular flexibility index (Phi) is 6.49. The highest BCUT2D eigenvalue weighted by molar-refractivity contribution is 7.89. The van der Waals surface area contributed by atoms with Gasteiger partial charge in [-0.1, -0.05) is 0 Å². The van der Waals surface area contributed by atoms with Crippen LogP contribution >= 0.6 is 0 Å². The molecule has 148 valence electrons. The summed E-state index contributed by atoms with van der Waals surface area (Å²) < 4.78 is 64.6. The molecular weight excluding hydrogens is 373 g/mol. The van der Waals surface area contributed by atoms with Gasteiger partial charge in [0.25, 0.3) is 5.91 Å². The Morgan fingerprint density at radius 2 is 1.50 bits per heavy atom. The van der Waals surface area contributed by atoms with Crippen molar-refractivity contribution < 1.29 is 31.5 Å². The second kappa shape index (κ2) is 7.53. The van der Waals surface area contributed by atoms with Crippen molar-refractivity contribution in [3.05, 3.63) is 24.3 Å². The number of rotatable bonds is 6. The molecule has 0 bridgehead atoms. The molecule has 0 heterocycles. The molecule has 0 aliphatic heterocycles. The van der Waals surface area contributed by atoms with Gasteiger partial charge in [-0.2, -0.15) is 17.5 Å². The summed E-state index contributed by atoms with van der Waals surface area (Å²) in [6.45, 7) is 7.25. The number of benzene rings is 1. The van der Waals surface area contributed by atoms with Gasteiger partial charge in [-0.05, 0) is 58.9 Å². The second-order valence-electron chi connectivity index (χ2n) is 6.57. The predicted molar refractivity (Wildman–Crippen MR) is 91.0 cm³/mol. The summed E-state index contributed by atoms with van der Waals surface area (Å²) in [7, 11) is -3.81. The summed E-state index contributed by atoms with van der Waals surface area (Å²) in [6, 6.07) is 4.12. The number of hydrogen-bond donors (Lipinski definition) is 2. The van der Waals surface area contributed by atoms with Gasteiger partial charge in [0.05, 0.1) is 4.90 Å². The van der Waals surface area contributed by atoms with Crippen molar-refractivity contribution in [3.63, 3.8) is 0 Å². The van der Waals surface area contributed by atoms with Crippen molar-refractivity contribution >= 4 is 21.6 Å². The Balaban J connectivity index is 3.08. The van der Waals surface area contributed by atoms with E-state index in [0.717, 1.165) is 12.1 Å². The van der Waals surface area contributed by atoms with Crippen molar-refractivity contribution in [2.75, 3.05) is 5.32 Å². The highest BCUT2D eigenvalue weighted by Gasteiger charge is 2.55. The van der Waals surface area contributed by atoms with Crippen LogP contribution in [0.5, 0.6) is 0 Å². The van der Waals surface area contributed by atoms with E-state index in [2.05, 4.69) is 0 Å². The van der Waals surface area contributed by atoms with Crippen LogP contribution in [0.3, 0.4) is 0 Å². The molecule has 1 atom stereocenters. The monoisotopic (exact) mass is 396 g/mol. The molecule has 0 aliphatic carbocycles. The number of carbonyl (C=O) groups excluding carboxylic acids is 1. The quantitative estimate of drug-likeness (QED) is 0.774. The standard InChI is InChI=1S/C16H23F3N2O4S/c1-10(2)21(11(3)4)26(24,25)13-8-6-12(7-9-13)20-14(22)15(5,23)16(17,18)19/h6-11,23H,1-5H3,(H,20,22). The molecule has 0 saturated carbocycles. The van der Waals surface area contributed by atoms with E-state index in [1.165, 1.54) is 16.4 Å². The minimum absolute atomic E-state index is 0.0551. The molecule has 6 nitrogen and oxygen atoms in total. The minimum Gasteiger partial charge on any atom is -0.373 e. The fourth-order valence-corrected chi connectivity index (χ4v) is 4.20. The van der Waals surface area contributed by atoms with E-state index in [1.807, 2.05) is 5.32 Å². The number of amides is 1. The fourth-order valence-electron chi connectivity index (χ4n) is 2.36. The lowest BCUT2D eigenvalue weighted by Gasteiger charge is -2.29. The van der Waals surface area contributed by atoms with E-state index in [1.54, 1.807) is 27.7 Å². The molecule has 0 radical (unpaired) electrons. The van der Waals surface area contributed by atoms with Gasteiger partial charge in [0.1, 0.15) is 0 Å². The first-order chi connectivity index (χ1) is 11.6. The lowest BCUT2D eigenvalue weighted by Crippen LogP contribution is -2.52. The summed E-state index contributed by atoms with van der Waals surface area (Å²) in [4.78, 5) is 11.6.